The van der Waals surface area contributed by atoms with E-state index in [9.17, 15) is 4.79 Å². The van der Waals surface area contributed by atoms with Gasteiger partial charge in [0.1, 0.15) is 0 Å². The second kappa shape index (κ2) is 8.87. The van der Waals surface area contributed by atoms with Crippen LogP contribution in [0.2, 0.25) is 0 Å². The lowest BCUT2D eigenvalue weighted by atomic mass is 9.67. The molecule has 4 heteroatoms. The zero-order chi connectivity index (χ0) is 16.1. The molecule has 2 aliphatic rings. The molecule has 1 saturated heterocycles. The Hall–Kier alpha value is -1.06. The van der Waals surface area contributed by atoms with Crippen molar-refractivity contribution in [1.29, 1.82) is 0 Å². The standard InChI is InChI=1S/C20H30N2O.ClH/c1-16-7-3-4-8-18(16)20(11-5-2-6-12-20)19(23)22-14-10-17-9-13-21-15-17;/h3-4,7-8,17,21H,2,5-6,9-15H2,1H3,(H,22,23);1H. The van der Waals surface area contributed by atoms with Crippen LogP contribution in [0, 0.1) is 12.8 Å². The van der Waals surface area contributed by atoms with E-state index in [1.54, 1.807) is 0 Å². The molecule has 3 nitrogen and oxygen atoms in total. The number of nitrogens with one attached hydrogen (secondary N) is 2. The van der Waals surface area contributed by atoms with Gasteiger partial charge in [0.15, 0.2) is 0 Å². The maximum Gasteiger partial charge on any atom is 0.230 e. The molecule has 1 aromatic carbocycles. The number of amides is 1. The molecule has 1 aliphatic heterocycles. The molecule has 134 valence electrons. The summed E-state index contributed by atoms with van der Waals surface area (Å²) >= 11 is 0. The van der Waals surface area contributed by atoms with Crippen LogP contribution in [0.5, 0.6) is 0 Å². The molecule has 0 aromatic heterocycles. The van der Waals surface area contributed by atoms with Gasteiger partial charge >= 0.3 is 0 Å². The van der Waals surface area contributed by atoms with Crippen LogP contribution < -0.4 is 10.6 Å². The van der Waals surface area contributed by atoms with Gasteiger partial charge in [0.25, 0.3) is 0 Å². The van der Waals surface area contributed by atoms with Crippen molar-refractivity contribution >= 4 is 18.3 Å². The number of carbonyl (C=O) groups excluding carboxylic acids is 1. The highest BCUT2D eigenvalue weighted by molar-refractivity contribution is 5.88. The molecule has 0 radical (unpaired) electrons. The highest BCUT2D eigenvalue weighted by Gasteiger charge is 2.41. The predicted octanol–water partition coefficient (Wildman–Crippen LogP) is 3.73. The van der Waals surface area contributed by atoms with Crippen molar-refractivity contribution in [3.8, 4) is 0 Å². The molecular formula is C20H31ClN2O. The van der Waals surface area contributed by atoms with Crippen molar-refractivity contribution in [2.75, 3.05) is 19.6 Å². The third-order valence-electron chi connectivity index (χ3n) is 5.80. The van der Waals surface area contributed by atoms with Gasteiger partial charge in [0.2, 0.25) is 5.91 Å². The minimum Gasteiger partial charge on any atom is -0.355 e. The predicted molar refractivity (Wildman–Crippen MR) is 102 cm³/mol. The Labute approximate surface area is 152 Å². The van der Waals surface area contributed by atoms with Crippen molar-refractivity contribution < 1.29 is 4.79 Å². The first-order valence-electron chi connectivity index (χ1n) is 9.27. The summed E-state index contributed by atoms with van der Waals surface area (Å²) in [5, 5.41) is 6.68. The second-order valence-corrected chi connectivity index (χ2v) is 7.36. The third-order valence-corrected chi connectivity index (χ3v) is 5.80. The monoisotopic (exact) mass is 350 g/mol. The molecule has 1 amide bonds. The van der Waals surface area contributed by atoms with E-state index in [-0.39, 0.29) is 23.7 Å². The van der Waals surface area contributed by atoms with Crippen LogP contribution in [0.4, 0.5) is 0 Å². The Kier molecular flexibility index (Phi) is 7.12. The highest BCUT2D eigenvalue weighted by Crippen LogP contribution is 2.41. The minimum absolute atomic E-state index is 0. The van der Waals surface area contributed by atoms with Gasteiger partial charge in [-0.2, -0.15) is 0 Å². The minimum atomic E-state index is -0.294. The summed E-state index contributed by atoms with van der Waals surface area (Å²) in [6.07, 6.45) is 7.92. The van der Waals surface area contributed by atoms with E-state index in [4.69, 9.17) is 0 Å². The molecule has 0 bridgehead atoms. The maximum atomic E-state index is 13.1. The molecule has 1 saturated carbocycles. The highest BCUT2D eigenvalue weighted by atomic mass is 35.5. The molecule has 3 rings (SSSR count). The fraction of sp³-hybridized carbons (Fsp3) is 0.650. The Morgan fingerprint density at radius 3 is 2.67 bits per heavy atom. The lowest BCUT2D eigenvalue weighted by Crippen LogP contribution is -2.46. The van der Waals surface area contributed by atoms with Crippen molar-refractivity contribution in [2.24, 2.45) is 5.92 Å². The van der Waals surface area contributed by atoms with Crippen LogP contribution in [-0.2, 0) is 10.2 Å². The summed E-state index contributed by atoms with van der Waals surface area (Å²) in [6.45, 7) is 5.20. The fourth-order valence-corrected chi connectivity index (χ4v) is 4.40. The SMILES string of the molecule is Cc1ccccc1C1(C(=O)NCCC2CCNC2)CCCCC1.Cl. The van der Waals surface area contributed by atoms with E-state index >= 15 is 0 Å². The molecule has 1 heterocycles. The molecule has 1 aliphatic carbocycles. The first-order valence-corrected chi connectivity index (χ1v) is 9.27. The van der Waals surface area contributed by atoms with Gasteiger partial charge in [-0.05, 0) is 62.7 Å². The molecule has 2 fully saturated rings. The van der Waals surface area contributed by atoms with E-state index in [1.165, 1.54) is 24.0 Å². The summed E-state index contributed by atoms with van der Waals surface area (Å²) in [5.41, 5.74) is 2.21. The normalized spacial score (nSPS) is 22.6. The zero-order valence-electron chi connectivity index (χ0n) is 14.8. The van der Waals surface area contributed by atoms with E-state index in [1.807, 2.05) is 0 Å². The number of benzene rings is 1. The van der Waals surface area contributed by atoms with Crippen LogP contribution in [0.1, 0.15) is 56.1 Å². The Bertz CT molecular complexity index is 534. The average molecular weight is 351 g/mol. The van der Waals surface area contributed by atoms with E-state index in [0.29, 0.717) is 0 Å². The van der Waals surface area contributed by atoms with Crippen LogP contribution >= 0.6 is 12.4 Å². The molecule has 1 atom stereocenters. The molecule has 24 heavy (non-hydrogen) atoms. The Balaban J connectivity index is 0.00000208. The smallest absolute Gasteiger partial charge is 0.230 e. The summed E-state index contributed by atoms with van der Waals surface area (Å²) in [6, 6.07) is 8.46. The number of hydrogen-bond acceptors (Lipinski definition) is 2. The van der Waals surface area contributed by atoms with Gasteiger partial charge in [0.05, 0.1) is 5.41 Å². The number of halogens is 1. The van der Waals surface area contributed by atoms with Crippen LogP contribution in [0.15, 0.2) is 24.3 Å². The molecule has 1 unspecified atom stereocenters. The van der Waals surface area contributed by atoms with Gasteiger partial charge in [-0.15, -0.1) is 12.4 Å². The maximum absolute atomic E-state index is 13.1. The van der Waals surface area contributed by atoms with Crippen molar-refractivity contribution in [1.82, 2.24) is 10.6 Å². The Morgan fingerprint density at radius 2 is 2.00 bits per heavy atom. The van der Waals surface area contributed by atoms with Crippen molar-refractivity contribution in [2.45, 2.75) is 57.3 Å². The topological polar surface area (TPSA) is 41.1 Å². The number of aryl methyl sites for hydroxylation is 1. The molecule has 2 N–H and O–H groups in total. The largest absolute Gasteiger partial charge is 0.355 e. The third kappa shape index (κ3) is 4.12. The fourth-order valence-electron chi connectivity index (χ4n) is 4.40. The van der Waals surface area contributed by atoms with Crippen LogP contribution in [-0.4, -0.2) is 25.5 Å². The van der Waals surface area contributed by atoms with Gasteiger partial charge < -0.3 is 10.6 Å². The molecule has 1 aromatic rings. The van der Waals surface area contributed by atoms with Crippen molar-refractivity contribution in [3.05, 3.63) is 35.4 Å². The average Bonchev–Trinajstić information content (AvgIpc) is 3.09. The summed E-state index contributed by atoms with van der Waals surface area (Å²) in [7, 11) is 0. The van der Waals surface area contributed by atoms with E-state index < -0.39 is 0 Å². The van der Waals surface area contributed by atoms with Gasteiger partial charge in [0, 0.05) is 6.54 Å². The summed E-state index contributed by atoms with van der Waals surface area (Å²) in [4.78, 5) is 13.1. The summed E-state index contributed by atoms with van der Waals surface area (Å²) < 4.78 is 0. The lowest BCUT2D eigenvalue weighted by Gasteiger charge is -2.37. The Morgan fingerprint density at radius 1 is 1.25 bits per heavy atom. The second-order valence-electron chi connectivity index (χ2n) is 7.36. The van der Waals surface area contributed by atoms with Crippen molar-refractivity contribution in [3.63, 3.8) is 0 Å². The molecule has 0 spiro atoms. The first-order chi connectivity index (χ1) is 11.2. The number of rotatable bonds is 5. The lowest BCUT2D eigenvalue weighted by molar-refractivity contribution is -0.128. The van der Waals surface area contributed by atoms with Gasteiger partial charge in [-0.1, -0.05) is 43.5 Å². The van der Waals surface area contributed by atoms with E-state index in [0.717, 1.165) is 57.7 Å². The summed E-state index contributed by atoms with van der Waals surface area (Å²) in [5.74, 6) is 0.994. The zero-order valence-corrected chi connectivity index (χ0v) is 15.6. The first kappa shape index (κ1) is 19.3. The number of hydrogen-bond donors (Lipinski definition) is 2. The van der Waals surface area contributed by atoms with Gasteiger partial charge in [-0.25, -0.2) is 0 Å². The quantitative estimate of drug-likeness (QED) is 0.849. The molecular weight excluding hydrogens is 320 g/mol. The van der Waals surface area contributed by atoms with Crippen LogP contribution in [0.3, 0.4) is 0 Å². The van der Waals surface area contributed by atoms with E-state index in [2.05, 4.69) is 41.8 Å². The van der Waals surface area contributed by atoms with Gasteiger partial charge in [-0.3, -0.25) is 4.79 Å². The van der Waals surface area contributed by atoms with Crippen LogP contribution in [0.25, 0.3) is 0 Å². The number of carbonyl (C=O) groups is 1.